The number of nitrogens with zero attached hydrogens (tertiary/aromatic N) is 2. The van der Waals surface area contributed by atoms with Gasteiger partial charge in [0.05, 0.1) is 0 Å². The number of hydrogen-bond donors (Lipinski definition) is 2. The van der Waals surface area contributed by atoms with Crippen molar-refractivity contribution in [3.63, 3.8) is 0 Å². The first-order valence-corrected chi connectivity index (χ1v) is 7.97. The highest BCUT2D eigenvalue weighted by Crippen LogP contribution is 2.07. The van der Waals surface area contributed by atoms with Crippen molar-refractivity contribution in [1.82, 2.24) is 15.5 Å². The second kappa shape index (κ2) is 12.7. The average molecular weight is 396 g/mol. The third-order valence-electron chi connectivity index (χ3n) is 3.35. The van der Waals surface area contributed by atoms with Gasteiger partial charge >= 0.3 is 0 Å². The molecule has 0 amide bonds. The standard InChI is InChI=1S/C15H32N4.HI/c1-4-16-15(18-13-14(2)3)17-9-5-6-10-19-11-7-8-12-19;/h14H,4-13H2,1-3H3,(H2,16,17,18);1H. The maximum absolute atomic E-state index is 4.57. The van der Waals surface area contributed by atoms with E-state index in [1.54, 1.807) is 0 Å². The van der Waals surface area contributed by atoms with E-state index in [0.717, 1.165) is 25.6 Å². The van der Waals surface area contributed by atoms with Crippen LogP contribution in [0.15, 0.2) is 4.99 Å². The highest BCUT2D eigenvalue weighted by molar-refractivity contribution is 14.0. The van der Waals surface area contributed by atoms with Crippen molar-refractivity contribution in [2.45, 2.75) is 46.5 Å². The lowest BCUT2D eigenvalue weighted by atomic mass is 10.2. The van der Waals surface area contributed by atoms with E-state index in [4.69, 9.17) is 0 Å². The molecule has 0 bridgehead atoms. The van der Waals surface area contributed by atoms with Gasteiger partial charge in [-0.25, -0.2) is 0 Å². The van der Waals surface area contributed by atoms with E-state index >= 15 is 0 Å². The number of halogens is 1. The summed E-state index contributed by atoms with van der Waals surface area (Å²) in [6, 6.07) is 0. The Morgan fingerprint density at radius 3 is 2.45 bits per heavy atom. The van der Waals surface area contributed by atoms with Gasteiger partial charge < -0.3 is 15.5 Å². The lowest BCUT2D eigenvalue weighted by molar-refractivity contribution is 0.330. The van der Waals surface area contributed by atoms with E-state index in [-0.39, 0.29) is 24.0 Å². The molecule has 4 nitrogen and oxygen atoms in total. The smallest absolute Gasteiger partial charge is 0.191 e. The Balaban J connectivity index is 0.00000361. The van der Waals surface area contributed by atoms with Gasteiger partial charge in [0.15, 0.2) is 5.96 Å². The summed E-state index contributed by atoms with van der Waals surface area (Å²) in [5.41, 5.74) is 0. The van der Waals surface area contributed by atoms with Crippen molar-refractivity contribution >= 4 is 29.9 Å². The molecule has 0 aromatic carbocycles. The van der Waals surface area contributed by atoms with E-state index in [9.17, 15) is 0 Å². The summed E-state index contributed by atoms with van der Waals surface area (Å²) in [5, 5.41) is 6.72. The van der Waals surface area contributed by atoms with E-state index in [1.807, 2.05) is 0 Å². The fraction of sp³-hybridized carbons (Fsp3) is 0.933. The van der Waals surface area contributed by atoms with Crippen molar-refractivity contribution in [2.24, 2.45) is 10.9 Å². The molecule has 0 unspecified atom stereocenters. The Morgan fingerprint density at radius 2 is 1.85 bits per heavy atom. The number of nitrogens with one attached hydrogen (secondary N) is 2. The van der Waals surface area contributed by atoms with Crippen LogP contribution in [0.25, 0.3) is 0 Å². The van der Waals surface area contributed by atoms with Crippen LogP contribution in [0.2, 0.25) is 0 Å². The zero-order valence-electron chi connectivity index (χ0n) is 13.5. The summed E-state index contributed by atoms with van der Waals surface area (Å²) in [4.78, 5) is 7.15. The minimum Gasteiger partial charge on any atom is -0.357 e. The molecule has 0 atom stereocenters. The molecule has 0 aromatic rings. The van der Waals surface area contributed by atoms with Crippen LogP contribution in [0.3, 0.4) is 0 Å². The van der Waals surface area contributed by atoms with E-state index in [0.29, 0.717) is 5.92 Å². The molecular formula is C15H33IN4. The quantitative estimate of drug-likeness (QED) is 0.287. The number of rotatable bonds is 8. The molecule has 20 heavy (non-hydrogen) atoms. The Bertz CT molecular complexity index is 250. The monoisotopic (exact) mass is 396 g/mol. The topological polar surface area (TPSA) is 39.7 Å². The Morgan fingerprint density at radius 1 is 1.15 bits per heavy atom. The van der Waals surface area contributed by atoms with Gasteiger partial charge in [0.2, 0.25) is 0 Å². The van der Waals surface area contributed by atoms with Crippen LogP contribution in [0, 0.1) is 5.92 Å². The molecule has 1 heterocycles. The molecular weight excluding hydrogens is 363 g/mol. The van der Waals surface area contributed by atoms with Crippen LogP contribution >= 0.6 is 24.0 Å². The van der Waals surface area contributed by atoms with E-state index in [1.165, 1.54) is 45.3 Å². The molecule has 0 aromatic heterocycles. The first-order valence-electron chi connectivity index (χ1n) is 7.97. The first-order chi connectivity index (χ1) is 9.22. The normalized spacial score (nSPS) is 16.3. The van der Waals surface area contributed by atoms with Crippen LogP contribution in [0.5, 0.6) is 0 Å². The second-order valence-electron chi connectivity index (χ2n) is 5.80. The van der Waals surface area contributed by atoms with Crippen LogP contribution in [0.4, 0.5) is 0 Å². The maximum atomic E-state index is 4.57. The van der Waals surface area contributed by atoms with E-state index in [2.05, 4.69) is 41.3 Å². The molecule has 0 saturated carbocycles. The van der Waals surface area contributed by atoms with Crippen molar-refractivity contribution in [1.29, 1.82) is 0 Å². The molecule has 1 fully saturated rings. The fourth-order valence-electron chi connectivity index (χ4n) is 2.29. The molecule has 0 aliphatic carbocycles. The first kappa shape index (κ1) is 20.0. The van der Waals surface area contributed by atoms with E-state index < -0.39 is 0 Å². The predicted octanol–water partition coefficient (Wildman–Crippen LogP) is 2.69. The number of guanidine groups is 1. The summed E-state index contributed by atoms with van der Waals surface area (Å²) in [7, 11) is 0. The van der Waals surface area contributed by atoms with Gasteiger partial charge in [-0.2, -0.15) is 0 Å². The van der Waals surface area contributed by atoms with Crippen LogP contribution in [-0.4, -0.2) is 50.1 Å². The summed E-state index contributed by atoms with van der Waals surface area (Å²) < 4.78 is 0. The number of unbranched alkanes of at least 4 members (excludes halogenated alkanes) is 1. The average Bonchev–Trinajstić information content (AvgIpc) is 2.88. The zero-order valence-corrected chi connectivity index (χ0v) is 15.8. The summed E-state index contributed by atoms with van der Waals surface area (Å²) in [6.45, 7) is 13.2. The van der Waals surface area contributed by atoms with Gasteiger partial charge in [-0.3, -0.25) is 4.99 Å². The summed E-state index contributed by atoms with van der Waals surface area (Å²) in [5.74, 6) is 1.59. The predicted molar refractivity (Wildman–Crippen MR) is 99.1 cm³/mol. The number of hydrogen-bond acceptors (Lipinski definition) is 2. The largest absolute Gasteiger partial charge is 0.357 e. The van der Waals surface area contributed by atoms with Crippen molar-refractivity contribution in [3.05, 3.63) is 0 Å². The van der Waals surface area contributed by atoms with Gasteiger partial charge in [0, 0.05) is 19.6 Å². The van der Waals surface area contributed by atoms with Gasteiger partial charge in [-0.15, -0.1) is 24.0 Å². The van der Waals surface area contributed by atoms with Crippen molar-refractivity contribution < 1.29 is 0 Å². The van der Waals surface area contributed by atoms with Gasteiger partial charge in [0.1, 0.15) is 0 Å². The maximum Gasteiger partial charge on any atom is 0.191 e. The lowest BCUT2D eigenvalue weighted by Crippen LogP contribution is -2.38. The third kappa shape index (κ3) is 9.80. The molecule has 0 spiro atoms. The molecule has 120 valence electrons. The highest BCUT2D eigenvalue weighted by Gasteiger charge is 2.09. The molecule has 2 N–H and O–H groups in total. The van der Waals surface area contributed by atoms with Crippen LogP contribution < -0.4 is 10.6 Å². The Kier molecular flexibility index (Phi) is 12.7. The fourth-order valence-corrected chi connectivity index (χ4v) is 2.29. The Labute approximate surface area is 142 Å². The van der Waals surface area contributed by atoms with Gasteiger partial charge in [0.25, 0.3) is 0 Å². The molecule has 1 aliphatic rings. The lowest BCUT2D eigenvalue weighted by Gasteiger charge is -2.15. The number of likely N-dealkylation sites (tertiary alicyclic amines) is 1. The SMILES string of the molecule is CCNC(=NCC(C)C)NCCCCN1CCCC1.I. The third-order valence-corrected chi connectivity index (χ3v) is 3.35. The molecule has 1 aliphatic heterocycles. The summed E-state index contributed by atoms with van der Waals surface area (Å²) in [6.07, 6.45) is 5.30. The Hall–Kier alpha value is -0.0400. The van der Waals surface area contributed by atoms with Gasteiger partial charge in [-0.05, 0) is 58.2 Å². The molecule has 1 rings (SSSR count). The minimum atomic E-state index is 0. The van der Waals surface area contributed by atoms with Crippen LogP contribution in [-0.2, 0) is 0 Å². The minimum absolute atomic E-state index is 0. The zero-order chi connectivity index (χ0) is 13.9. The van der Waals surface area contributed by atoms with Crippen LogP contribution in [0.1, 0.15) is 46.5 Å². The highest BCUT2D eigenvalue weighted by atomic mass is 127. The number of aliphatic imine (C=N–C) groups is 1. The van der Waals surface area contributed by atoms with Crippen molar-refractivity contribution in [2.75, 3.05) is 39.3 Å². The molecule has 1 saturated heterocycles. The molecule has 0 radical (unpaired) electrons. The molecule has 5 heteroatoms. The van der Waals surface area contributed by atoms with Crippen molar-refractivity contribution in [3.8, 4) is 0 Å². The van der Waals surface area contributed by atoms with Gasteiger partial charge in [-0.1, -0.05) is 13.8 Å². The summed E-state index contributed by atoms with van der Waals surface area (Å²) >= 11 is 0. The second-order valence-corrected chi connectivity index (χ2v) is 5.80.